The second kappa shape index (κ2) is 5.01. The molecule has 18 heavy (non-hydrogen) atoms. The van der Waals surface area contributed by atoms with E-state index >= 15 is 0 Å². The predicted octanol–water partition coefficient (Wildman–Crippen LogP) is 4.30. The van der Waals surface area contributed by atoms with Gasteiger partial charge in [0.1, 0.15) is 17.1 Å². The van der Waals surface area contributed by atoms with Crippen LogP contribution in [0.3, 0.4) is 0 Å². The highest BCUT2D eigenvalue weighted by molar-refractivity contribution is 5.83. The maximum Gasteiger partial charge on any atom is 0.146 e. The zero-order chi connectivity index (χ0) is 13.3. The Hall–Kier alpha value is -1.51. The van der Waals surface area contributed by atoms with Crippen molar-refractivity contribution in [2.24, 2.45) is 0 Å². The second-order valence-electron chi connectivity index (χ2n) is 5.37. The molecule has 0 bridgehead atoms. The smallest absolute Gasteiger partial charge is 0.146 e. The van der Waals surface area contributed by atoms with Gasteiger partial charge in [-0.05, 0) is 24.0 Å². The number of nitrogens with zero attached hydrogens (tertiary/aromatic N) is 1. The first-order chi connectivity index (χ1) is 8.54. The minimum Gasteiger partial charge on any atom is -0.505 e. The topological polar surface area (TPSA) is 48.9 Å². The number of H-pyrrole nitrogens is 1. The number of aromatic nitrogens is 2. The van der Waals surface area contributed by atoms with Gasteiger partial charge in [-0.25, -0.2) is 4.98 Å². The monoisotopic (exact) mass is 246 g/mol. The highest BCUT2D eigenvalue weighted by Gasteiger charge is 2.15. The van der Waals surface area contributed by atoms with Crippen LogP contribution in [0, 0.1) is 0 Å². The van der Waals surface area contributed by atoms with E-state index in [9.17, 15) is 5.11 Å². The van der Waals surface area contributed by atoms with Crippen molar-refractivity contribution < 1.29 is 5.11 Å². The molecule has 1 atom stereocenters. The Labute approximate surface area is 108 Å². The lowest BCUT2D eigenvalue weighted by Crippen LogP contribution is -1.94. The fourth-order valence-corrected chi connectivity index (χ4v) is 2.36. The largest absolute Gasteiger partial charge is 0.505 e. The van der Waals surface area contributed by atoms with Crippen molar-refractivity contribution in [2.45, 2.75) is 52.4 Å². The molecule has 1 aromatic heterocycles. The van der Waals surface area contributed by atoms with E-state index < -0.39 is 0 Å². The number of benzene rings is 1. The third-order valence-electron chi connectivity index (χ3n) is 3.49. The fourth-order valence-electron chi connectivity index (χ4n) is 2.36. The Morgan fingerprint density at radius 2 is 2.00 bits per heavy atom. The first-order valence-corrected chi connectivity index (χ1v) is 6.76. The van der Waals surface area contributed by atoms with Crippen molar-refractivity contribution in [1.29, 1.82) is 0 Å². The van der Waals surface area contributed by atoms with Crippen LogP contribution in [0.2, 0.25) is 0 Å². The van der Waals surface area contributed by atoms with E-state index in [2.05, 4.69) is 37.7 Å². The molecular formula is C15H22N2O. The van der Waals surface area contributed by atoms with Crippen molar-refractivity contribution in [3.63, 3.8) is 0 Å². The number of hydrogen-bond donors (Lipinski definition) is 2. The molecule has 2 aromatic rings. The summed E-state index contributed by atoms with van der Waals surface area (Å²) in [5, 5.41) is 10.3. The van der Waals surface area contributed by atoms with Crippen molar-refractivity contribution in [1.82, 2.24) is 9.97 Å². The Morgan fingerprint density at radius 3 is 2.61 bits per heavy atom. The summed E-state index contributed by atoms with van der Waals surface area (Å²) < 4.78 is 0. The van der Waals surface area contributed by atoms with Crippen LogP contribution in [-0.2, 0) is 0 Å². The number of phenols is 1. The molecule has 0 amide bonds. The highest BCUT2D eigenvalue weighted by atomic mass is 16.3. The number of fused-ring (bicyclic) bond motifs is 1. The molecule has 3 heteroatoms. The van der Waals surface area contributed by atoms with E-state index in [1.165, 1.54) is 0 Å². The van der Waals surface area contributed by atoms with Crippen LogP contribution < -0.4 is 0 Å². The number of aromatic amines is 1. The lowest BCUT2D eigenvalue weighted by atomic mass is 10.0. The molecule has 1 unspecified atom stereocenters. The Balaban J connectivity index is 2.48. The first-order valence-electron chi connectivity index (χ1n) is 6.76. The van der Waals surface area contributed by atoms with Gasteiger partial charge in [-0.2, -0.15) is 0 Å². The second-order valence-corrected chi connectivity index (χ2v) is 5.37. The first kappa shape index (κ1) is 12.9. The molecule has 0 aliphatic heterocycles. The molecule has 2 N–H and O–H groups in total. The molecule has 0 aliphatic rings. The van der Waals surface area contributed by atoms with E-state index in [0.717, 1.165) is 29.7 Å². The maximum absolute atomic E-state index is 10.3. The van der Waals surface area contributed by atoms with Gasteiger partial charge in [-0.1, -0.05) is 40.2 Å². The molecule has 0 spiro atoms. The minimum atomic E-state index is 0.308. The van der Waals surface area contributed by atoms with Crippen molar-refractivity contribution >= 4 is 11.0 Å². The molecule has 2 rings (SSSR count). The lowest BCUT2D eigenvalue weighted by Gasteiger charge is -2.07. The van der Waals surface area contributed by atoms with Gasteiger partial charge in [0.2, 0.25) is 0 Å². The summed E-state index contributed by atoms with van der Waals surface area (Å²) in [5.74, 6) is 2.02. The molecule has 3 nitrogen and oxygen atoms in total. The molecule has 1 aromatic carbocycles. The molecule has 0 saturated heterocycles. The molecule has 0 saturated carbocycles. The van der Waals surface area contributed by atoms with Crippen LogP contribution in [0.25, 0.3) is 11.0 Å². The quantitative estimate of drug-likeness (QED) is 0.845. The summed E-state index contributed by atoms with van der Waals surface area (Å²) in [6, 6.07) is 3.99. The van der Waals surface area contributed by atoms with E-state index in [-0.39, 0.29) is 0 Å². The van der Waals surface area contributed by atoms with E-state index in [0.29, 0.717) is 23.1 Å². The van der Waals surface area contributed by atoms with Crippen LogP contribution in [0.4, 0.5) is 0 Å². The fraction of sp³-hybridized carbons (Fsp3) is 0.533. The Morgan fingerprint density at radius 1 is 1.28 bits per heavy atom. The minimum absolute atomic E-state index is 0.308. The van der Waals surface area contributed by atoms with E-state index in [1.807, 2.05) is 12.1 Å². The third-order valence-corrected chi connectivity index (χ3v) is 3.49. The zero-order valence-electron chi connectivity index (χ0n) is 11.6. The van der Waals surface area contributed by atoms with Crippen LogP contribution in [-0.4, -0.2) is 15.1 Å². The summed E-state index contributed by atoms with van der Waals surface area (Å²) in [6.07, 6.45) is 2.25. The summed E-state index contributed by atoms with van der Waals surface area (Å²) in [5.41, 5.74) is 2.60. The maximum atomic E-state index is 10.3. The van der Waals surface area contributed by atoms with Crippen LogP contribution >= 0.6 is 0 Å². The highest BCUT2D eigenvalue weighted by Crippen LogP contribution is 2.33. The molecule has 1 heterocycles. The summed E-state index contributed by atoms with van der Waals surface area (Å²) >= 11 is 0. The lowest BCUT2D eigenvalue weighted by molar-refractivity contribution is 0.470. The van der Waals surface area contributed by atoms with Crippen molar-refractivity contribution in [2.75, 3.05) is 0 Å². The summed E-state index contributed by atoms with van der Waals surface area (Å²) in [4.78, 5) is 7.88. The number of aromatic hydroxyl groups is 1. The summed E-state index contributed by atoms with van der Waals surface area (Å²) in [6.45, 7) is 8.50. The van der Waals surface area contributed by atoms with E-state index in [1.54, 1.807) is 0 Å². The molecular weight excluding hydrogens is 224 g/mol. The van der Waals surface area contributed by atoms with Crippen LogP contribution in [0.15, 0.2) is 12.1 Å². The average molecular weight is 246 g/mol. The number of imidazole rings is 1. The Kier molecular flexibility index (Phi) is 3.60. The predicted molar refractivity (Wildman–Crippen MR) is 75.2 cm³/mol. The van der Waals surface area contributed by atoms with Gasteiger partial charge in [0, 0.05) is 5.92 Å². The van der Waals surface area contributed by atoms with Gasteiger partial charge in [0.05, 0.1) is 5.52 Å². The van der Waals surface area contributed by atoms with Gasteiger partial charge in [0.15, 0.2) is 0 Å². The number of hydrogen-bond acceptors (Lipinski definition) is 2. The number of phenolic OH excluding ortho intramolecular Hbond substituents is 1. The summed E-state index contributed by atoms with van der Waals surface area (Å²) in [7, 11) is 0. The van der Waals surface area contributed by atoms with E-state index in [4.69, 9.17) is 0 Å². The van der Waals surface area contributed by atoms with Gasteiger partial charge in [-0.15, -0.1) is 0 Å². The Bertz CT molecular complexity index is 543. The normalized spacial score (nSPS) is 13.4. The zero-order valence-corrected chi connectivity index (χ0v) is 11.6. The molecule has 0 aliphatic carbocycles. The van der Waals surface area contributed by atoms with Gasteiger partial charge >= 0.3 is 0 Å². The standard InChI is InChI=1S/C15H22N2O/c1-5-6-10(4)15-16-12-8-7-11(9(2)3)14(18)13(12)17-15/h7-10,18H,5-6H2,1-4H3,(H,16,17). The molecule has 0 fully saturated rings. The average Bonchev–Trinajstić information content (AvgIpc) is 2.74. The third kappa shape index (κ3) is 2.22. The van der Waals surface area contributed by atoms with Crippen molar-refractivity contribution in [3.8, 4) is 5.75 Å². The SMILES string of the molecule is CCCC(C)c1nc2c(O)c(C(C)C)ccc2[nH]1. The molecule has 0 radical (unpaired) electrons. The van der Waals surface area contributed by atoms with Crippen molar-refractivity contribution in [3.05, 3.63) is 23.5 Å². The van der Waals surface area contributed by atoms with Gasteiger partial charge < -0.3 is 10.1 Å². The van der Waals surface area contributed by atoms with Gasteiger partial charge in [0.25, 0.3) is 0 Å². The van der Waals surface area contributed by atoms with Crippen LogP contribution in [0.5, 0.6) is 5.75 Å². The number of rotatable bonds is 4. The van der Waals surface area contributed by atoms with Gasteiger partial charge in [-0.3, -0.25) is 0 Å². The van der Waals surface area contributed by atoms with Crippen LogP contribution in [0.1, 0.15) is 63.8 Å². The molecule has 98 valence electrons. The number of nitrogens with one attached hydrogen (secondary N) is 1.